The fraction of sp³-hybridized carbons (Fsp3) is 0.200. The summed E-state index contributed by atoms with van der Waals surface area (Å²) >= 11 is 0. The lowest BCUT2D eigenvalue weighted by Crippen LogP contribution is -2.00. The van der Waals surface area contributed by atoms with Crippen LogP contribution in [0.4, 0.5) is 0 Å². The van der Waals surface area contributed by atoms with Crippen molar-refractivity contribution in [2.24, 2.45) is 0 Å². The minimum absolute atomic E-state index is 0.789. The number of hydrogen-bond acceptors (Lipinski definition) is 3. The monoisotopic (exact) mass is 187 g/mol. The number of rotatable bonds is 0. The van der Waals surface area contributed by atoms with Crippen LogP contribution in [0.2, 0.25) is 0 Å². The molecule has 2 aromatic rings. The van der Waals surface area contributed by atoms with Gasteiger partial charge in [-0.05, 0) is 12.1 Å². The second-order valence-electron chi connectivity index (χ2n) is 3.19. The molecule has 1 aliphatic heterocycles. The minimum atomic E-state index is 0.789. The molecule has 1 aliphatic rings. The number of nitrogens with zero attached hydrogens (tertiary/aromatic N) is 3. The van der Waals surface area contributed by atoms with Crippen LogP contribution in [0.1, 0.15) is 5.69 Å². The SMILES string of the molecule is c1cnc2c(c1)Oc1ccnn1CC2. The smallest absolute Gasteiger partial charge is 0.217 e. The Morgan fingerprint density at radius 3 is 3.29 bits per heavy atom. The standard InChI is InChI=1S/C10H9N3O/c1-2-9-8(11-5-1)4-7-13-10(14-9)3-6-12-13/h1-3,5-6H,4,7H2. The summed E-state index contributed by atoms with van der Waals surface area (Å²) in [5.74, 6) is 1.63. The quantitative estimate of drug-likeness (QED) is 0.629. The third-order valence-corrected chi connectivity index (χ3v) is 2.30. The van der Waals surface area contributed by atoms with Crippen molar-refractivity contribution in [2.75, 3.05) is 0 Å². The number of hydrogen-bond donors (Lipinski definition) is 0. The Bertz CT molecular complexity index is 464. The number of aryl methyl sites for hydroxylation is 2. The van der Waals surface area contributed by atoms with Gasteiger partial charge >= 0.3 is 0 Å². The summed E-state index contributed by atoms with van der Waals surface area (Å²) in [6, 6.07) is 5.68. The molecule has 2 aromatic heterocycles. The summed E-state index contributed by atoms with van der Waals surface area (Å²) in [5.41, 5.74) is 0.998. The predicted octanol–water partition coefficient (Wildman–Crippen LogP) is 1.63. The van der Waals surface area contributed by atoms with Crippen molar-refractivity contribution < 1.29 is 4.74 Å². The molecule has 4 nitrogen and oxygen atoms in total. The molecule has 0 radical (unpaired) electrons. The van der Waals surface area contributed by atoms with E-state index in [1.165, 1.54) is 0 Å². The van der Waals surface area contributed by atoms with Crippen LogP contribution in [-0.2, 0) is 13.0 Å². The summed E-state index contributed by atoms with van der Waals surface area (Å²) in [7, 11) is 0. The highest BCUT2D eigenvalue weighted by Gasteiger charge is 2.14. The molecule has 0 amide bonds. The maximum atomic E-state index is 5.68. The predicted molar refractivity (Wildman–Crippen MR) is 50.2 cm³/mol. The number of aromatic nitrogens is 3. The zero-order valence-electron chi connectivity index (χ0n) is 7.55. The normalized spacial score (nSPS) is 13.7. The molecule has 0 saturated heterocycles. The van der Waals surface area contributed by atoms with E-state index in [1.807, 2.05) is 22.9 Å². The van der Waals surface area contributed by atoms with Gasteiger partial charge in [-0.2, -0.15) is 5.10 Å². The molecule has 0 aromatic carbocycles. The van der Waals surface area contributed by atoms with Gasteiger partial charge in [-0.15, -0.1) is 0 Å². The Hall–Kier alpha value is -1.84. The van der Waals surface area contributed by atoms with Crippen molar-refractivity contribution in [3.8, 4) is 11.6 Å². The van der Waals surface area contributed by atoms with Gasteiger partial charge < -0.3 is 4.74 Å². The summed E-state index contributed by atoms with van der Waals surface area (Å²) in [4.78, 5) is 4.28. The van der Waals surface area contributed by atoms with Crippen LogP contribution in [0.5, 0.6) is 11.6 Å². The van der Waals surface area contributed by atoms with Gasteiger partial charge in [-0.1, -0.05) is 0 Å². The molecule has 3 heterocycles. The first-order chi connectivity index (χ1) is 6.93. The van der Waals surface area contributed by atoms with Gasteiger partial charge in [-0.3, -0.25) is 4.98 Å². The summed E-state index contributed by atoms with van der Waals surface area (Å²) in [6.45, 7) is 0.826. The lowest BCUT2D eigenvalue weighted by atomic mass is 10.2. The Kier molecular flexibility index (Phi) is 1.53. The van der Waals surface area contributed by atoms with E-state index < -0.39 is 0 Å². The van der Waals surface area contributed by atoms with Gasteiger partial charge in [0, 0.05) is 18.7 Å². The molecule has 0 unspecified atom stereocenters. The van der Waals surface area contributed by atoms with Crippen molar-refractivity contribution in [1.29, 1.82) is 0 Å². The van der Waals surface area contributed by atoms with E-state index in [9.17, 15) is 0 Å². The molecule has 70 valence electrons. The van der Waals surface area contributed by atoms with Crippen LogP contribution in [0.15, 0.2) is 30.6 Å². The molecule has 0 bridgehead atoms. The lowest BCUT2D eigenvalue weighted by Gasteiger charge is -2.03. The fourth-order valence-electron chi connectivity index (χ4n) is 1.60. The topological polar surface area (TPSA) is 39.9 Å². The van der Waals surface area contributed by atoms with Crippen LogP contribution >= 0.6 is 0 Å². The van der Waals surface area contributed by atoms with Crippen molar-refractivity contribution in [3.05, 3.63) is 36.3 Å². The van der Waals surface area contributed by atoms with E-state index in [4.69, 9.17) is 4.74 Å². The average Bonchev–Trinajstić information content (AvgIpc) is 2.58. The van der Waals surface area contributed by atoms with Gasteiger partial charge in [0.1, 0.15) is 0 Å². The zero-order valence-corrected chi connectivity index (χ0v) is 7.55. The van der Waals surface area contributed by atoms with E-state index in [0.29, 0.717) is 0 Å². The molecule has 4 heteroatoms. The van der Waals surface area contributed by atoms with Gasteiger partial charge in [0.05, 0.1) is 18.4 Å². The first-order valence-corrected chi connectivity index (χ1v) is 4.57. The number of ether oxygens (including phenoxy) is 1. The maximum Gasteiger partial charge on any atom is 0.217 e. The molecule has 14 heavy (non-hydrogen) atoms. The Morgan fingerprint density at radius 2 is 2.29 bits per heavy atom. The molecule has 3 rings (SSSR count). The molecule has 0 saturated carbocycles. The van der Waals surface area contributed by atoms with Crippen LogP contribution in [0.25, 0.3) is 0 Å². The summed E-state index contributed by atoms with van der Waals surface area (Å²) < 4.78 is 7.53. The fourth-order valence-corrected chi connectivity index (χ4v) is 1.60. The largest absolute Gasteiger partial charge is 0.437 e. The Labute approximate surface area is 81.2 Å². The van der Waals surface area contributed by atoms with E-state index in [0.717, 1.165) is 30.3 Å². The van der Waals surface area contributed by atoms with Crippen LogP contribution in [0, 0.1) is 0 Å². The highest BCUT2D eigenvalue weighted by atomic mass is 16.5. The summed E-state index contributed by atoms with van der Waals surface area (Å²) in [5, 5.41) is 4.16. The first kappa shape index (κ1) is 7.55. The molecular formula is C10H9N3O. The van der Waals surface area contributed by atoms with E-state index in [-0.39, 0.29) is 0 Å². The van der Waals surface area contributed by atoms with Crippen molar-refractivity contribution in [1.82, 2.24) is 14.8 Å². The van der Waals surface area contributed by atoms with Gasteiger partial charge in [0.25, 0.3) is 0 Å². The Balaban J connectivity index is 2.10. The highest BCUT2D eigenvalue weighted by molar-refractivity contribution is 5.32. The molecule has 0 aliphatic carbocycles. The van der Waals surface area contributed by atoms with E-state index >= 15 is 0 Å². The molecule has 0 atom stereocenters. The van der Waals surface area contributed by atoms with Crippen LogP contribution < -0.4 is 4.74 Å². The lowest BCUT2D eigenvalue weighted by molar-refractivity contribution is 0.428. The first-order valence-electron chi connectivity index (χ1n) is 4.57. The molecule has 0 N–H and O–H groups in total. The molecule has 0 spiro atoms. The third kappa shape index (κ3) is 1.08. The molecular weight excluding hydrogens is 178 g/mol. The van der Waals surface area contributed by atoms with E-state index in [1.54, 1.807) is 12.4 Å². The highest BCUT2D eigenvalue weighted by Crippen LogP contribution is 2.27. The van der Waals surface area contributed by atoms with Crippen molar-refractivity contribution >= 4 is 0 Å². The number of pyridine rings is 1. The van der Waals surface area contributed by atoms with Crippen molar-refractivity contribution in [2.45, 2.75) is 13.0 Å². The summed E-state index contributed by atoms with van der Waals surface area (Å²) in [6.07, 6.45) is 4.40. The van der Waals surface area contributed by atoms with Crippen molar-refractivity contribution in [3.63, 3.8) is 0 Å². The zero-order chi connectivity index (χ0) is 9.38. The van der Waals surface area contributed by atoms with E-state index in [2.05, 4.69) is 10.1 Å². The average molecular weight is 187 g/mol. The van der Waals surface area contributed by atoms with Crippen LogP contribution in [-0.4, -0.2) is 14.8 Å². The van der Waals surface area contributed by atoms with Gasteiger partial charge in [-0.25, -0.2) is 4.68 Å². The number of fused-ring (bicyclic) bond motifs is 2. The Morgan fingerprint density at radius 1 is 1.29 bits per heavy atom. The minimum Gasteiger partial charge on any atom is -0.437 e. The van der Waals surface area contributed by atoms with Gasteiger partial charge in [0.15, 0.2) is 5.75 Å². The second-order valence-corrected chi connectivity index (χ2v) is 3.19. The van der Waals surface area contributed by atoms with Gasteiger partial charge in [0.2, 0.25) is 5.88 Å². The van der Waals surface area contributed by atoms with Crippen LogP contribution in [0.3, 0.4) is 0 Å². The molecule has 0 fully saturated rings. The maximum absolute atomic E-state index is 5.68. The second kappa shape index (κ2) is 2.83. The third-order valence-electron chi connectivity index (χ3n) is 2.30.